The summed E-state index contributed by atoms with van der Waals surface area (Å²) in [7, 11) is 4.25. The van der Waals surface area contributed by atoms with Crippen molar-refractivity contribution in [3.8, 4) is 0 Å². The summed E-state index contributed by atoms with van der Waals surface area (Å²) in [6.07, 6.45) is 5.17. The van der Waals surface area contributed by atoms with Gasteiger partial charge in [-0.25, -0.2) is 0 Å². The molecule has 5 atom stereocenters. The van der Waals surface area contributed by atoms with Crippen LogP contribution in [0.2, 0.25) is 0 Å². The van der Waals surface area contributed by atoms with Gasteiger partial charge in [-0.05, 0) is 102 Å². The van der Waals surface area contributed by atoms with Gasteiger partial charge < -0.3 is 30.5 Å². The Morgan fingerprint density at radius 3 is 2.49 bits per heavy atom. The minimum atomic E-state index is -0.196. The number of carbonyl (C=O) groups is 2. The van der Waals surface area contributed by atoms with E-state index in [4.69, 9.17) is 4.74 Å². The molecule has 3 N–H and O–H groups in total. The van der Waals surface area contributed by atoms with Crippen molar-refractivity contribution in [3.63, 3.8) is 0 Å². The second-order valence-electron chi connectivity index (χ2n) is 12.4. The molecule has 0 radical (unpaired) electrons. The second kappa shape index (κ2) is 13.5. The lowest BCUT2D eigenvalue weighted by Crippen LogP contribution is -2.50. The van der Waals surface area contributed by atoms with E-state index in [1.54, 1.807) is 0 Å². The first-order chi connectivity index (χ1) is 18.7. The molecule has 0 aliphatic carbocycles. The van der Waals surface area contributed by atoms with Crippen molar-refractivity contribution in [2.24, 2.45) is 11.8 Å². The Morgan fingerprint density at radius 1 is 1.13 bits per heavy atom. The average molecular weight is 542 g/mol. The summed E-state index contributed by atoms with van der Waals surface area (Å²) in [5, 5.41) is 9.95. The van der Waals surface area contributed by atoms with Crippen LogP contribution < -0.4 is 20.9 Å². The number of anilines is 1. The monoisotopic (exact) mass is 541 g/mol. The highest BCUT2D eigenvalue weighted by Gasteiger charge is 2.33. The van der Waals surface area contributed by atoms with Gasteiger partial charge in [0.25, 0.3) is 5.91 Å². The summed E-state index contributed by atoms with van der Waals surface area (Å²) in [6, 6.07) is 5.58. The zero-order valence-corrected chi connectivity index (χ0v) is 25.0. The van der Waals surface area contributed by atoms with E-state index < -0.39 is 0 Å². The van der Waals surface area contributed by atoms with E-state index in [2.05, 4.69) is 72.7 Å². The molecular weight excluding hydrogens is 490 g/mol. The fourth-order valence-electron chi connectivity index (χ4n) is 6.89. The lowest BCUT2D eigenvalue weighted by Gasteiger charge is -2.38. The third-order valence-corrected chi connectivity index (χ3v) is 9.12. The van der Waals surface area contributed by atoms with Crippen LogP contribution in [0.5, 0.6) is 0 Å². The molecule has 39 heavy (non-hydrogen) atoms. The van der Waals surface area contributed by atoms with Crippen molar-refractivity contribution in [2.45, 2.75) is 83.8 Å². The van der Waals surface area contributed by atoms with Gasteiger partial charge in [-0.15, -0.1) is 0 Å². The summed E-state index contributed by atoms with van der Waals surface area (Å²) < 4.78 is 5.66. The van der Waals surface area contributed by atoms with Gasteiger partial charge >= 0.3 is 0 Å². The van der Waals surface area contributed by atoms with Crippen LogP contribution in [0.4, 0.5) is 5.69 Å². The molecule has 0 bridgehead atoms. The van der Waals surface area contributed by atoms with Crippen LogP contribution in [0.1, 0.15) is 80.3 Å². The third kappa shape index (κ3) is 7.33. The number of hydrogen-bond donors (Lipinski definition) is 3. The molecule has 0 aromatic heterocycles. The topological polar surface area (TPSA) is 85.9 Å². The number of rotatable bonds is 9. The van der Waals surface area contributed by atoms with Gasteiger partial charge in [0, 0.05) is 68.8 Å². The van der Waals surface area contributed by atoms with Gasteiger partial charge in [0.1, 0.15) is 0 Å². The summed E-state index contributed by atoms with van der Waals surface area (Å²) in [4.78, 5) is 31.1. The molecule has 3 fully saturated rings. The van der Waals surface area contributed by atoms with Gasteiger partial charge in [0.05, 0.1) is 5.92 Å². The molecule has 8 heteroatoms. The van der Waals surface area contributed by atoms with Crippen molar-refractivity contribution in [3.05, 3.63) is 28.8 Å². The first kappa shape index (κ1) is 29.8. The molecule has 0 saturated carbocycles. The van der Waals surface area contributed by atoms with E-state index in [1.807, 2.05) is 6.92 Å². The Morgan fingerprint density at radius 2 is 1.87 bits per heavy atom. The number of nitrogens with zero attached hydrogens (tertiary/aromatic N) is 2. The predicted molar refractivity (Wildman–Crippen MR) is 158 cm³/mol. The highest BCUT2D eigenvalue weighted by atomic mass is 16.5. The lowest BCUT2D eigenvalue weighted by atomic mass is 9.84. The number of ether oxygens (including phenoxy) is 1. The Balaban J connectivity index is 1.59. The smallest absolute Gasteiger partial charge is 0.251 e. The van der Waals surface area contributed by atoms with Gasteiger partial charge in [0.15, 0.2) is 0 Å². The van der Waals surface area contributed by atoms with Crippen molar-refractivity contribution in [2.75, 3.05) is 58.4 Å². The first-order valence-electron chi connectivity index (χ1n) is 15.1. The van der Waals surface area contributed by atoms with Gasteiger partial charge in [-0.3, -0.25) is 9.59 Å². The zero-order chi connectivity index (χ0) is 28.1. The van der Waals surface area contributed by atoms with Gasteiger partial charge in [0.2, 0.25) is 5.91 Å². The number of carbonyl (C=O) groups excluding carboxylic acids is 2. The first-order valence-corrected chi connectivity index (χ1v) is 15.1. The second-order valence-corrected chi connectivity index (χ2v) is 12.4. The number of likely N-dealkylation sites (N-methyl/N-ethyl adjacent to an activating group) is 1. The fraction of sp³-hybridized carbons (Fsp3) is 0.742. The van der Waals surface area contributed by atoms with Crippen molar-refractivity contribution >= 4 is 17.5 Å². The fourth-order valence-corrected chi connectivity index (χ4v) is 6.89. The minimum Gasteiger partial charge on any atom is -0.381 e. The summed E-state index contributed by atoms with van der Waals surface area (Å²) in [6.45, 7) is 13.2. The quantitative estimate of drug-likeness (QED) is 0.445. The summed E-state index contributed by atoms with van der Waals surface area (Å²) in [5.41, 5.74) is 4.16. The molecule has 2 amide bonds. The number of nitrogens with one attached hydrogen (secondary N) is 3. The van der Waals surface area contributed by atoms with Crippen LogP contribution in [-0.4, -0.2) is 88.3 Å². The zero-order valence-electron chi connectivity index (χ0n) is 25.0. The van der Waals surface area contributed by atoms with Crippen LogP contribution >= 0.6 is 0 Å². The van der Waals surface area contributed by atoms with Crippen molar-refractivity contribution in [1.29, 1.82) is 0 Å². The Labute approximate surface area is 235 Å². The number of piperidine rings is 2. The average Bonchev–Trinajstić information content (AvgIpc) is 2.90. The minimum absolute atomic E-state index is 0.0462. The summed E-state index contributed by atoms with van der Waals surface area (Å²) in [5.74, 6) is 0.382. The maximum Gasteiger partial charge on any atom is 0.251 e. The van der Waals surface area contributed by atoms with Crippen LogP contribution in [0, 0.1) is 18.8 Å². The molecule has 218 valence electrons. The van der Waals surface area contributed by atoms with E-state index in [1.165, 1.54) is 11.3 Å². The lowest BCUT2D eigenvalue weighted by molar-refractivity contribution is -0.129. The van der Waals surface area contributed by atoms with Crippen LogP contribution in [-0.2, 0) is 9.53 Å². The molecule has 1 aromatic rings. The predicted octanol–water partition coefficient (Wildman–Crippen LogP) is 3.29. The molecule has 3 aliphatic rings. The molecule has 5 unspecified atom stereocenters. The Hall–Kier alpha value is -2.16. The standard InChI is InChI=1S/C31H51N5O3/c1-7-36(26-10-12-39-13-11-26)29-16-24(23-8-9-25(32-17-23)19-35(5)6)15-27(22(29)4)30(37)33-18-28-20(2)14-21(3)34-31(28)38/h15-16,20-21,23,25-26,28,32H,7-14,17-19H2,1-6H3,(H,33,37)(H,34,38). The van der Waals surface area contributed by atoms with Crippen LogP contribution in [0.3, 0.4) is 0 Å². The molecule has 8 nitrogen and oxygen atoms in total. The summed E-state index contributed by atoms with van der Waals surface area (Å²) >= 11 is 0. The van der Waals surface area contributed by atoms with Crippen LogP contribution in [0.25, 0.3) is 0 Å². The van der Waals surface area contributed by atoms with E-state index in [-0.39, 0.29) is 29.7 Å². The Bertz CT molecular complexity index is 985. The number of benzene rings is 1. The van der Waals surface area contributed by atoms with E-state index in [9.17, 15) is 9.59 Å². The maximum absolute atomic E-state index is 13.7. The van der Waals surface area contributed by atoms with Crippen molar-refractivity contribution < 1.29 is 14.3 Å². The molecule has 3 saturated heterocycles. The third-order valence-electron chi connectivity index (χ3n) is 9.12. The van der Waals surface area contributed by atoms with Crippen molar-refractivity contribution in [1.82, 2.24) is 20.9 Å². The highest BCUT2D eigenvalue weighted by Crippen LogP contribution is 2.35. The molecule has 3 aliphatic heterocycles. The molecule has 1 aromatic carbocycles. The largest absolute Gasteiger partial charge is 0.381 e. The Kier molecular flexibility index (Phi) is 10.3. The van der Waals surface area contributed by atoms with Gasteiger partial charge in [-0.1, -0.05) is 6.92 Å². The normalized spacial score (nSPS) is 28.3. The van der Waals surface area contributed by atoms with E-state index in [0.29, 0.717) is 24.5 Å². The molecule has 3 heterocycles. The SMILES string of the molecule is CCN(c1cc(C2CCC(CN(C)C)NC2)cc(C(=O)NCC2C(=O)NC(C)CC2C)c1C)C1CCOCC1. The molecular formula is C31H51N5O3. The number of hydrogen-bond acceptors (Lipinski definition) is 6. The van der Waals surface area contributed by atoms with E-state index in [0.717, 1.165) is 76.1 Å². The highest BCUT2D eigenvalue weighted by molar-refractivity contribution is 5.98. The van der Waals surface area contributed by atoms with Gasteiger partial charge in [-0.2, -0.15) is 0 Å². The van der Waals surface area contributed by atoms with Crippen LogP contribution in [0.15, 0.2) is 12.1 Å². The maximum atomic E-state index is 13.7. The molecule has 0 spiro atoms. The van der Waals surface area contributed by atoms with E-state index >= 15 is 0 Å². The molecule has 4 rings (SSSR count). The number of amides is 2.